The van der Waals surface area contributed by atoms with Crippen LogP contribution >= 0.6 is 11.3 Å². The Morgan fingerprint density at radius 1 is 1.44 bits per heavy atom. The fraction of sp³-hybridized carbons (Fsp3) is 0.312. The SMILES string of the molecule is Cc1cccc2sc(NC(=O)C(C)Cn3nc([N+](=O)[O-])cc3C)nc12. The van der Waals surface area contributed by atoms with Gasteiger partial charge in [0.05, 0.1) is 39.5 Å². The number of anilines is 1. The molecule has 3 aromatic rings. The lowest BCUT2D eigenvalue weighted by molar-refractivity contribution is -0.389. The van der Waals surface area contributed by atoms with E-state index in [2.05, 4.69) is 15.4 Å². The third-order valence-corrected chi connectivity index (χ3v) is 4.84. The molecule has 2 heterocycles. The number of aromatic nitrogens is 3. The Hall–Kier alpha value is -2.81. The van der Waals surface area contributed by atoms with E-state index in [1.807, 2.05) is 25.1 Å². The van der Waals surface area contributed by atoms with Crippen LogP contribution in [-0.4, -0.2) is 25.6 Å². The van der Waals surface area contributed by atoms with E-state index in [9.17, 15) is 14.9 Å². The Balaban J connectivity index is 1.71. The van der Waals surface area contributed by atoms with Crippen molar-refractivity contribution in [1.82, 2.24) is 14.8 Å². The van der Waals surface area contributed by atoms with Crippen LogP contribution in [0.3, 0.4) is 0 Å². The average Bonchev–Trinajstić information content (AvgIpc) is 3.12. The van der Waals surface area contributed by atoms with Crippen molar-refractivity contribution in [3.63, 3.8) is 0 Å². The van der Waals surface area contributed by atoms with Gasteiger partial charge in [0.15, 0.2) is 5.13 Å². The maximum absolute atomic E-state index is 12.4. The van der Waals surface area contributed by atoms with Crippen LogP contribution in [0.25, 0.3) is 10.2 Å². The number of amides is 1. The van der Waals surface area contributed by atoms with Crippen LogP contribution in [-0.2, 0) is 11.3 Å². The summed E-state index contributed by atoms with van der Waals surface area (Å²) in [5.74, 6) is -0.827. The summed E-state index contributed by atoms with van der Waals surface area (Å²) in [6.07, 6.45) is 0. The molecule has 0 fully saturated rings. The zero-order valence-electron chi connectivity index (χ0n) is 14.0. The number of hydrogen-bond acceptors (Lipinski definition) is 6. The molecule has 130 valence electrons. The van der Waals surface area contributed by atoms with Gasteiger partial charge in [-0.05, 0) is 30.4 Å². The molecule has 0 aliphatic carbocycles. The molecule has 1 aromatic carbocycles. The van der Waals surface area contributed by atoms with Crippen molar-refractivity contribution in [3.8, 4) is 0 Å². The lowest BCUT2D eigenvalue weighted by Gasteiger charge is -2.09. The zero-order valence-corrected chi connectivity index (χ0v) is 14.8. The van der Waals surface area contributed by atoms with E-state index in [0.29, 0.717) is 10.8 Å². The third-order valence-electron chi connectivity index (χ3n) is 3.90. The summed E-state index contributed by atoms with van der Waals surface area (Å²) in [5, 5.41) is 18.1. The van der Waals surface area contributed by atoms with E-state index >= 15 is 0 Å². The summed E-state index contributed by atoms with van der Waals surface area (Å²) in [5.41, 5.74) is 2.58. The van der Waals surface area contributed by atoms with Crippen molar-refractivity contribution in [1.29, 1.82) is 0 Å². The second-order valence-electron chi connectivity index (χ2n) is 5.91. The number of hydrogen-bond donors (Lipinski definition) is 1. The highest BCUT2D eigenvalue weighted by atomic mass is 32.1. The number of thiazole rings is 1. The topological polar surface area (TPSA) is 103 Å². The molecule has 1 unspecified atom stereocenters. The number of carbonyl (C=O) groups excluding carboxylic acids is 1. The normalized spacial score (nSPS) is 12.3. The number of nitro groups is 1. The number of nitrogens with zero attached hydrogens (tertiary/aromatic N) is 4. The average molecular weight is 359 g/mol. The minimum Gasteiger partial charge on any atom is -0.358 e. The maximum Gasteiger partial charge on any atom is 0.390 e. The largest absolute Gasteiger partial charge is 0.390 e. The van der Waals surface area contributed by atoms with E-state index in [-0.39, 0.29) is 18.3 Å². The molecule has 1 N–H and O–H groups in total. The molecule has 0 aliphatic rings. The number of rotatable bonds is 5. The van der Waals surface area contributed by atoms with Gasteiger partial charge >= 0.3 is 5.82 Å². The van der Waals surface area contributed by atoms with Gasteiger partial charge in [-0.15, -0.1) is 0 Å². The summed E-state index contributed by atoms with van der Waals surface area (Å²) in [6.45, 7) is 5.71. The highest BCUT2D eigenvalue weighted by molar-refractivity contribution is 7.22. The van der Waals surface area contributed by atoms with Crippen molar-refractivity contribution in [2.75, 3.05) is 5.32 Å². The molecule has 2 aromatic heterocycles. The second kappa shape index (κ2) is 6.60. The first-order valence-corrected chi connectivity index (χ1v) is 8.52. The molecule has 25 heavy (non-hydrogen) atoms. The minimum absolute atomic E-state index is 0.200. The van der Waals surface area contributed by atoms with Gasteiger partial charge in [-0.1, -0.05) is 30.4 Å². The highest BCUT2D eigenvalue weighted by Gasteiger charge is 2.21. The standard InChI is InChI=1S/C16H17N5O3S/c1-9-5-4-6-12-14(9)17-16(25-12)18-15(22)10(2)8-20-11(3)7-13(19-20)21(23)24/h4-7,10H,8H2,1-3H3,(H,17,18,22). The van der Waals surface area contributed by atoms with Crippen LogP contribution in [0.15, 0.2) is 24.3 Å². The first kappa shape index (κ1) is 17.0. The van der Waals surface area contributed by atoms with Gasteiger partial charge in [0.2, 0.25) is 5.91 Å². The van der Waals surface area contributed by atoms with Crippen LogP contribution in [0, 0.1) is 29.9 Å². The van der Waals surface area contributed by atoms with Crippen LogP contribution < -0.4 is 5.32 Å². The van der Waals surface area contributed by atoms with Crippen LogP contribution in [0.5, 0.6) is 0 Å². The van der Waals surface area contributed by atoms with Crippen molar-refractivity contribution >= 4 is 38.4 Å². The fourth-order valence-corrected chi connectivity index (χ4v) is 3.42. The van der Waals surface area contributed by atoms with Crippen molar-refractivity contribution < 1.29 is 9.72 Å². The molecule has 0 saturated carbocycles. The first-order chi connectivity index (χ1) is 11.8. The lowest BCUT2D eigenvalue weighted by Crippen LogP contribution is -2.25. The Morgan fingerprint density at radius 3 is 2.84 bits per heavy atom. The number of carbonyl (C=O) groups is 1. The van der Waals surface area contributed by atoms with Crippen LogP contribution in [0.1, 0.15) is 18.2 Å². The molecule has 1 atom stereocenters. The maximum atomic E-state index is 12.4. The van der Waals surface area contributed by atoms with E-state index in [0.717, 1.165) is 15.8 Å². The number of nitrogens with one attached hydrogen (secondary N) is 1. The van der Waals surface area contributed by atoms with Crippen LogP contribution in [0.4, 0.5) is 10.9 Å². The summed E-state index contributed by atoms with van der Waals surface area (Å²) < 4.78 is 2.49. The highest BCUT2D eigenvalue weighted by Crippen LogP contribution is 2.28. The lowest BCUT2D eigenvalue weighted by atomic mass is 10.1. The second-order valence-corrected chi connectivity index (χ2v) is 6.94. The number of fused-ring (bicyclic) bond motifs is 1. The molecule has 9 heteroatoms. The van der Waals surface area contributed by atoms with Gasteiger partial charge in [0.25, 0.3) is 0 Å². The van der Waals surface area contributed by atoms with Gasteiger partial charge in [-0.25, -0.2) is 4.98 Å². The van der Waals surface area contributed by atoms with Crippen molar-refractivity contribution in [2.24, 2.45) is 5.92 Å². The van der Waals surface area contributed by atoms with Crippen LogP contribution in [0.2, 0.25) is 0 Å². The Morgan fingerprint density at radius 2 is 2.20 bits per heavy atom. The Kier molecular flexibility index (Phi) is 4.49. The molecular formula is C16H17N5O3S. The molecule has 0 radical (unpaired) electrons. The predicted molar refractivity (Wildman–Crippen MR) is 95.8 cm³/mol. The zero-order chi connectivity index (χ0) is 18.1. The minimum atomic E-state index is -0.544. The number of benzene rings is 1. The fourth-order valence-electron chi connectivity index (χ4n) is 2.48. The Labute approximate surface area is 147 Å². The quantitative estimate of drug-likeness (QED) is 0.556. The molecule has 0 aliphatic heterocycles. The molecule has 3 rings (SSSR count). The smallest absolute Gasteiger partial charge is 0.358 e. The molecule has 0 spiro atoms. The molecule has 1 amide bonds. The molecular weight excluding hydrogens is 342 g/mol. The van der Waals surface area contributed by atoms with Crippen molar-refractivity contribution in [2.45, 2.75) is 27.3 Å². The van der Waals surface area contributed by atoms with E-state index < -0.39 is 10.8 Å². The predicted octanol–water partition coefficient (Wildman–Crippen LogP) is 3.29. The van der Waals surface area contributed by atoms with E-state index in [4.69, 9.17) is 0 Å². The summed E-state index contributed by atoms with van der Waals surface area (Å²) in [7, 11) is 0. The van der Waals surface area contributed by atoms with E-state index in [1.165, 1.54) is 22.1 Å². The summed E-state index contributed by atoms with van der Waals surface area (Å²) >= 11 is 1.42. The van der Waals surface area contributed by atoms with Crippen molar-refractivity contribution in [3.05, 3.63) is 45.6 Å². The number of aryl methyl sites for hydroxylation is 2. The molecule has 8 nitrogen and oxygen atoms in total. The monoisotopic (exact) mass is 359 g/mol. The Bertz CT molecular complexity index is 962. The van der Waals surface area contributed by atoms with Gasteiger partial charge in [0, 0.05) is 0 Å². The van der Waals surface area contributed by atoms with Gasteiger partial charge < -0.3 is 15.4 Å². The summed E-state index contributed by atoms with van der Waals surface area (Å²) in [4.78, 5) is 27.1. The molecule has 0 bridgehead atoms. The van der Waals surface area contributed by atoms with Gasteiger partial charge in [-0.2, -0.15) is 4.68 Å². The van der Waals surface area contributed by atoms with Gasteiger partial charge in [0.1, 0.15) is 0 Å². The first-order valence-electron chi connectivity index (χ1n) is 7.71. The number of para-hydroxylation sites is 1. The van der Waals surface area contributed by atoms with Gasteiger partial charge in [-0.3, -0.25) is 4.79 Å². The van der Waals surface area contributed by atoms with E-state index in [1.54, 1.807) is 13.8 Å². The molecule has 0 saturated heterocycles. The third kappa shape index (κ3) is 3.50. The summed E-state index contributed by atoms with van der Waals surface area (Å²) in [6, 6.07) is 7.29.